The van der Waals surface area contributed by atoms with Gasteiger partial charge in [-0.3, -0.25) is 19.8 Å². The van der Waals surface area contributed by atoms with Gasteiger partial charge in [0, 0.05) is 11.0 Å². The van der Waals surface area contributed by atoms with Crippen LogP contribution in [0.3, 0.4) is 0 Å². The molecule has 0 bridgehead atoms. The van der Waals surface area contributed by atoms with Gasteiger partial charge in [-0.05, 0) is 31.5 Å². The molecule has 1 aromatic rings. The molecule has 1 aromatic carbocycles. The van der Waals surface area contributed by atoms with Crippen LogP contribution in [0, 0.1) is 0 Å². The van der Waals surface area contributed by atoms with E-state index in [1.54, 1.807) is 0 Å². The first-order chi connectivity index (χ1) is 8.39. The van der Waals surface area contributed by atoms with Crippen molar-refractivity contribution in [1.82, 2.24) is 10.2 Å². The number of nitrogens with zero attached hydrogens (tertiary/aromatic N) is 1. The van der Waals surface area contributed by atoms with Crippen molar-refractivity contribution >= 4 is 27.7 Å². The topological polar surface area (TPSA) is 49.4 Å². The van der Waals surface area contributed by atoms with Crippen LogP contribution < -0.4 is 5.32 Å². The molecule has 1 aliphatic heterocycles. The van der Waals surface area contributed by atoms with Gasteiger partial charge in [0.25, 0.3) is 0 Å². The van der Waals surface area contributed by atoms with Crippen LogP contribution in [0.25, 0.3) is 0 Å². The maximum Gasteiger partial charge on any atom is 0.246 e. The summed E-state index contributed by atoms with van der Waals surface area (Å²) < 4.78 is 1.01. The summed E-state index contributed by atoms with van der Waals surface area (Å²) in [6.45, 7) is 4.48. The zero-order valence-corrected chi connectivity index (χ0v) is 12.0. The van der Waals surface area contributed by atoms with Gasteiger partial charge in [0.1, 0.15) is 0 Å². The van der Waals surface area contributed by atoms with Crippen LogP contribution >= 0.6 is 15.9 Å². The number of benzene rings is 1. The van der Waals surface area contributed by atoms with Crippen LogP contribution in [-0.2, 0) is 16.1 Å². The Balaban J connectivity index is 2.18. The Morgan fingerprint density at radius 3 is 2.50 bits per heavy atom. The number of hydrogen-bond acceptors (Lipinski definition) is 3. The van der Waals surface area contributed by atoms with Crippen LogP contribution in [0.2, 0.25) is 0 Å². The summed E-state index contributed by atoms with van der Waals surface area (Å²) in [6, 6.07) is 7.87. The maximum absolute atomic E-state index is 11.8. The summed E-state index contributed by atoms with van der Waals surface area (Å²) in [5.74, 6) is -0.479. The molecular formula is C13H15BrN2O2. The highest BCUT2D eigenvalue weighted by atomic mass is 79.9. The minimum absolute atomic E-state index is 0.239. The highest BCUT2D eigenvalue weighted by molar-refractivity contribution is 9.10. The Morgan fingerprint density at radius 1 is 1.28 bits per heavy atom. The van der Waals surface area contributed by atoms with Crippen LogP contribution in [0.5, 0.6) is 0 Å². The molecule has 0 atom stereocenters. The number of imide groups is 1. The van der Waals surface area contributed by atoms with E-state index >= 15 is 0 Å². The molecule has 0 spiro atoms. The lowest BCUT2D eigenvalue weighted by atomic mass is 9.98. The highest BCUT2D eigenvalue weighted by Gasteiger charge is 2.40. The van der Waals surface area contributed by atoms with Crippen molar-refractivity contribution in [3.8, 4) is 0 Å². The zero-order valence-electron chi connectivity index (χ0n) is 10.4. The summed E-state index contributed by atoms with van der Waals surface area (Å²) >= 11 is 3.38. The third kappa shape index (κ3) is 2.62. The van der Waals surface area contributed by atoms with Crippen LogP contribution in [0.1, 0.15) is 19.4 Å². The summed E-state index contributed by atoms with van der Waals surface area (Å²) in [5, 5.41) is 2.37. The SMILES string of the molecule is CC1(C)C(=O)NC(=O)CN1Cc1ccc(Br)cc1. The molecule has 1 aliphatic rings. The second kappa shape index (κ2) is 4.82. The number of rotatable bonds is 2. The monoisotopic (exact) mass is 310 g/mol. The normalized spacial score (nSPS) is 19.7. The average Bonchev–Trinajstić information content (AvgIpc) is 2.29. The number of carbonyl (C=O) groups is 2. The first-order valence-corrected chi connectivity index (χ1v) is 6.52. The van der Waals surface area contributed by atoms with Crippen LogP contribution in [0.15, 0.2) is 28.7 Å². The lowest BCUT2D eigenvalue weighted by Crippen LogP contribution is -2.63. The van der Waals surface area contributed by atoms with Crippen molar-refractivity contribution in [2.45, 2.75) is 25.9 Å². The summed E-state index contributed by atoms with van der Waals surface area (Å²) in [7, 11) is 0. The van der Waals surface area contributed by atoms with Crippen LogP contribution in [0.4, 0.5) is 0 Å². The molecule has 2 rings (SSSR count). The molecule has 0 saturated carbocycles. The minimum atomic E-state index is -0.666. The molecule has 0 radical (unpaired) electrons. The first-order valence-electron chi connectivity index (χ1n) is 5.73. The van der Waals surface area contributed by atoms with Gasteiger partial charge in [-0.25, -0.2) is 0 Å². The van der Waals surface area contributed by atoms with E-state index in [4.69, 9.17) is 0 Å². The van der Waals surface area contributed by atoms with Crippen molar-refractivity contribution in [1.29, 1.82) is 0 Å². The zero-order chi connectivity index (χ0) is 13.3. The van der Waals surface area contributed by atoms with E-state index in [1.807, 2.05) is 43.0 Å². The number of nitrogens with one attached hydrogen (secondary N) is 1. The molecule has 18 heavy (non-hydrogen) atoms. The van der Waals surface area contributed by atoms with Gasteiger partial charge >= 0.3 is 0 Å². The predicted octanol–water partition coefficient (Wildman–Crippen LogP) is 1.69. The number of amides is 2. The predicted molar refractivity (Wildman–Crippen MR) is 71.8 cm³/mol. The van der Waals surface area contributed by atoms with Gasteiger partial charge < -0.3 is 0 Å². The fraction of sp³-hybridized carbons (Fsp3) is 0.385. The first kappa shape index (κ1) is 13.2. The molecule has 1 heterocycles. The third-order valence-electron chi connectivity index (χ3n) is 3.22. The van der Waals surface area contributed by atoms with Crippen molar-refractivity contribution in [3.05, 3.63) is 34.3 Å². The molecule has 1 saturated heterocycles. The molecule has 96 valence electrons. The summed E-state index contributed by atoms with van der Waals surface area (Å²) in [6.07, 6.45) is 0. The molecular weight excluding hydrogens is 296 g/mol. The quantitative estimate of drug-likeness (QED) is 0.846. The van der Waals surface area contributed by atoms with Crippen molar-refractivity contribution < 1.29 is 9.59 Å². The summed E-state index contributed by atoms with van der Waals surface area (Å²) in [5.41, 5.74) is 0.412. The van der Waals surface area contributed by atoms with Gasteiger partial charge in [-0.15, -0.1) is 0 Å². The number of hydrogen-bond donors (Lipinski definition) is 1. The fourth-order valence-corrected chi connectivity index (χ4v) is 2.16. The average molecular weight is 311 g/mol. The van der Waals surface area contributed by atoms with Gasteiger partial charge in [-0.2, -0.15) is 0 Å². The van der Waals surface area contributed by atoms with Crippen molar-refractivity contribution in [3.63, 3.8) is 0 Å². The lowest BCUT2D eigenvalue weighted by Gasteiger charge is -2.40. The molecule has 2 amide bonds. The minimum Gasteiger partial charge on any atom is -0.294 e. The molecule has 5 heteroatoms. The second-order valence-electron chi connectivity index (χ2n) is 4.92. The van der Waals surface area contributed by atoms with Crippen molar-refractivity contribution in [2.24, 2.45) is 0 Å². The van der Waals surface area contributed by atoms with Crippen LogP contribution in [-0.4, -0.2) is 28.8 Å². The van der Waals surface area contributed by atoms with Crippen molar-refractivity contribution in [2.75, 3.05) is 6.54 Å². The Kier molecular flexibility index (Phi) is 3.54. The van der Waals surface area contributed by atoms with E-state index in [0.717, 1.165) is 10.0 Å². The molecule has 0 unspecified atom stereocenters. The lowest BCUT2D eigenvalue weighted by molar-refractivity contribution is -0.145. The largest absolute Gasteiger partial charge is 0.294 e. The van der Waals surface area contributed by atoms with Gasteiger partial charge in [0.05, 0.1) is 12.1 Å². The molecule has 4 nitrogen and oxygen atoms in total. The Labute approximate surface area is 114 Å². The van der Waals surface area contributed by atoms with Gasteiger partial charge in [0.15, 0.2) is 0 Å². The van der Waals surface area contributed by atoms with E-state index in [0.29, 0.717) is 6.54 Å². The fourth-order valence-electron chi connectivity index (χ4n) is 1.90. The third-order valence-corrected chi connectivity index (χ3v) is 3.75. The molecule has 0 aliphatic carbocycles. The number of halogens is 1. The Bertz CT molecular complexity index is 482. The smallest absolute Gasteiger partial charge is 0.246 e. The Morgan fingerprint density at radius 2 is 1.89 bits per heavy atom. The Hall–Kier alpha value is -1.20. The van der Waals surface area contributed by atoms with Gasteiger partial charge in [0.2, 0.25) is 11.8 Å². The van der Waals surface area contributed by atoms with E-state index in [1.165, 1.54) is 0 Å². The maximum atomic E-state index is 11.8. The summed E-state index contributed by atoms with van der Waals surface area (Å²) in [4.78, 5) is 25.1. The number of piperazine rings is 1. The molecule has 1 N–H and O–H groups in total. The standard InChI is InChI=1S/C13H15BrN2O2/c1-13(2)12(18)15-11(17)8-16(13)7-9-3-5-10(14)6-4-9/h3-6H,7-8H2,1-2H3,(H,15,17,18). The van der Waals surface area contributed by atoms with E-state index in [2.05, 4.69) is 21.2 Å². The molecule has 1 fully saturated rings. The number of carbonyl (C=O) groups excluding carboxylic acids is 2. The van der Waals surface area contributed by atoms with E-state index in [9.17, 15) is 9.59 Å². The molecule has 0 aromatic heterocycles. The van der Waals surface area contributed by atoms with Gasteiger partial charge in [-0.1, -0.05) is 28.1 Å². The highest BCUT2D eigenvalue weighted by Crippen LogP contribution is 2.21. The van der Waals surface area contributed by atoms with E-state index < -0.39 is 5.54 Å². The second-order valence-corrected chi connectivity index (χ2v) is 5.83. The van der Waals surface area contributed by atoms with E-state index in [-0.39, 0.29) is 18.4 Å².